The number of rotatable bonds is 5. The first-order valence-corrected chi connectivity index (χ1v) is 12.4. The molecule has 0 atom stereocenters. The Balaban J connectivity index is 0.000000968. The van der Waals surface area contributed by atoms with Crippen LogP contribution in [-0.4, -0.2) is 47.6 Å². The molecule has 0 unspecified atom stereocenters. The molecule has 1 saturated heterocycles. The van der Waals surface area contributed by atoms with Crippen LogP contribution in [0.2, 0.25) is 5.02 Å². The van der Waals surface area contributed by atoms with Crippen molar-refractivity contribution in [2.24, 2.45) is 0 Å². The minimum absolute atomic E-state index is 0.0118. The van der Waals surface area contributed by atoms with Gasteiger partial charge in [-0.15, -0.1) is 0 Å². The number of nitrogens with zero attached hydrogens (tertiary/aromatic N) is 3. The molecule has 0 saturated carbocycles. The molecule has 0 spiro atoms. The van der Waals surface area contributed by atoms with Crippen molar-refractivity contribution in [3.63, 3.8) is 0 Å². The van der Waals surface area contributed by atoms with Crippen LogP contribution in [0.25, 0.3) is 10.9 Å². The van der Waals surface area contributed by atoms with Crippen molar-refractivity contribution in [3.05, 3.63) is 53.3 Å². The smallest absolute Gasteiger partial charge is 0.373 e. The van der Waals surface area contributed by atoms with Gasteiger partial charge in [-0.3, -0.25) is 0 Å². The molecule has 8 nitrogen and oxygen atoms in total. The zero-order valence-corrected chi connectivity index (χ0v) is 20.3. The molecule has 0 radical (unpaired) electrons. The second-order valence-corrected chi connectivity index (χ2v) is 10.5. The summed E-state index contributed by atoms with van der Waals surface area (Å²) >= 11 is 6.21. The maximum absolute atomic E-state index is 13.0. The second kappa shape index (κ2) is 10.5. The molecule has 0 N–H and O–H groups in total. The van der Waals surface area contributed by atoms with E-state index in [2.05, 4.69) is 22.7 Å². The van der Waals surface area contributed by atoms with E-state index in [0.717, 1.165) is 18.4 Å². The topological polar surface area (TPSA) is 98.6 Å². The Labute approximate surface area is 198 Å². The summed E-state index contributed by atoms with van der Waals surface area (Å²) in [5.74, 6) is 0.427. The van der Waals surface area contributed by atoms with Crippen LogP contribution in [0.4, 0.5) is 0 Å². The number of pyridine rings is 1. The van der Waals surface area contributed by atoms with Crippen molar-refractivity contribution in [2.45, 2.75) is 50.7 Å². The van der Waals surface area contributed by atoms with Crippen molar-refractivity contribution >= 4 is 38.7 Å². The summed E-state index contributed by atoms with van der Waals surface area (Å²) in [5, 5.41) is 1.89. The minimum atomic E-state index is -3.57. The van der Waals surface area contributed by atoms with Crippen LogP contribution < -0.4 is 4.74 Å². The first kappa shape index (κ1) is 24.9. The van der Waals surface area contributed by atoms with Gasteiger partial charge in [0.25, 0.3) is 0 Å². The van der Waals surface area contributed by atoms with Crippen LogP contribution in [0.15, 0.2) is 47.6 Å². The molecular weight excluding hydrogens is 466 g/mol. The van der Waals surface area contributed by atoms with E-state index in [-0.39, 0.29) is 23.2 Å². The Morgan fingerprint density at radius 2 is 1.82 bits per heavy atom. The lowest BCUT2D eigenvalue weighted by Crippen LogP contribution is -2.39. The Morgan fingerprint density at radius 3 is 2.39 bits per heavy atom. The standard InChI is InChI=1S/C22H26ClN3O3S.CO2/c1-15(2)29-22-7-5-19(13-24-22)30(27,28)25-10-8-18(9-11-25)26-14-16(3)20-6-4-17(23)12-21(20)26;2-1-3/h4-7,12-15,18H,8-11H2,1-3H3;. The largest absolute Gasteiger partial charge is 0.475 e. The molecule has 1 aliphatic rings. The van der Waals surface area contributed by atoms with E-state index < -0.39 is 10.0 Å². The zero-order chi connectivity index (χ0) is 24.2. The van der Waals surface area contributed by atoms with Gasteiger partial charge in [-0.25, -0.2) is 13.4 Å². The number of aromatic nitrogens is 2. The average Bonchev–Trinajstić information content (AvgIpc) is 3.10. The lowest BCUT2D eigenvalue weighted by Gasteiger charge is -2.32. The number of benzene rings is 1. The number of hydrogen-bond donors (Lipinski definition) is 0. The van der Waals surface area contributed by atoms with E-state index in [4.69, 9.17) is 25.9 Å². The molecule has 33 heavy (non-hydrogen) atoms. The number of hydrogen-bond acceptors (Lipinski definition) is 6. The summed E-state index contributed by atoms with van der Waals surface area (Å²) in [6.45, 7) is 6.83. The fourth-order valence-electron chi connectivity index (χ4n) is 4.04. The number of aryl methyl sites for hydroxylation is 1. The molecule has 2 aromatic heterocycles. The van der Waals surface area contributed by atoms with Crippen molar-refractivity contribution in [3.8, 4) is 5.88 Å². The quantitative estimate of drug-likeness (QED) is 0.529. The third kappa shape index (κ3) is 5.62. The van der Waals surface area contributed by atoms with Crippen molar-refractivity contribution in [2.75, 3.05) is 13.1 Å². The van der Waals surface area contributed by atoms with E-state index in [1.54, 1.807) is 16.4 Å². The van der Waals surface area contributed by atoms with Crippen molar-refractivity contribution in [1.29, 1.82) is 0 Å². The van der Waals surface area contributed by atoms with Gasteiger partial charge in [0.2, 0.25) is 15.9 Å². The zero-order valence-electron chi connectivity index (χ0n) is 18.7. The minimum Gasteiger partial charge on any atom is -0.475 e. The Bertz CT molecular complexity index is 1240. The van der Waals surface area contributed by atoms with Gasteiger partial charge in [-0.2, -0.15) is 13.9 Å². The summed E-state index contributed by atoms with van der Waals surface area (Å²) in [6, 6.07) is 9.35. The fraction of sp³-hybridized carbons (Fsp3) is 0.391. The highest BCUT2D eigenvalue weighted by Crippen LogP contribution is 2.33. The van der Waals surface area contributed by atoms with Crippen LogP contribution in [0.3, 0.4) is 0 Å². The summed E-state index contributed by atoms with van der Waals surface area (Å²) < 4.78 is 35.4. The van der Waals surface area contributed by atoms with E-state index in [9.17, 15) is 8.42 Å². The molecule has 4 rings (SSSR count). The first-order valence-electron chi connectivity index (χ1n) is 10.6. The SMILES string of the molecule is Cc1cn(C2CCN(S(=O)(=O)c3ccc(OC(C)C)nc3)CC2)c2cc(Cl)ccc12.O=C=O. The molecular formula is C23H26ClN3O5S. The number of halogens is 1. The third-order valence-corrected chi connectivity index (χ3v) is 7.63. The van der Waals surface area contributed by atoms with Gasteiger partial charge in [0.1, 0.15) is 4.90 Å². The molecule has 1 fully saturated rings. The Kier molecular flexibility index (Phi) is 7.92. The number of carbonyl (C=O) groups excluding carboxylic acids is 2. The molecule has 10 heteroatoms. The molecule has 3 aromatic rings. The number of ether oxygens (including phenoxy) is 1. The second-order valence-electron chi connectivity index (χ2n) is 8.10. The van der Waals surface area contributed by atoms with E-state index in [1.165, 1.54) is 17.1 Å². The van der Waals surface area contributed by atoms with Crippen molar-refractivity contribution in [1.82, 2.24) is 13.9 Å². The fourth-order valence-corrected chi connectivity index (χ4v) is 5.62. The highest BCUT2D eigenvalue weighted by Gasteiger charge is 2.30. The van der Waals surface area contributed by atoms with Gasteiger partial charge in [-0.05, 0) is 57.4 Å². The predicted molar refractivity (Wildman–Crippen MR) is 124 cm³/mol. The summed E-state index contributed by atoms with van der Waals surface area (Å²) in [7, 11) is -3.57. The Hall–Kier alpha value is -2.71. The van der Waals surface area contributed by atoms with Crippen LogP contribution >= 0.6 is 11.6 Å². The molecule has 176 valence electrons. The lowest BCUT2D eigenvalue weighted by atomic mass is 10.1. The maximum atomic E-state index is 13.0. The van der Waals surface area contributed by atoms with Crippen LogP contribution in [0.1, 0.15) is 38.3 Å². The maximum Gasteiger partial charge on any atom is 0.373 e. The van der Waals surface area contributed by atoms with Crippen LogP contribution in [0.5, 0.6) is 5.88 Å². The molecule has 0 amide bonds. The van der Waals surface area contributed by atoms with Gasteiger partial charge in [-0.1, -0.05) is 17.7 Å². The van der Waals surface area contributed by atoms with E-state index >= 15 is 0 Å². The van der Waals surface area contributed by atoms with E-state index in [1.807, 2.05) is 32.0 Å². The summed E-state index contributed by atoms with van der Waals surface area (Å²) in [5.41, 5.74) is 2.30. The average molecular weight is 492 g/mol. The number of sulfonamides is 1. The third-order valence-electron chi connectivity index (χ3n) is 5.52. The predicted octanol–water partition coefficient (Wildman–Crippen LogP) is 4.23. The molecule has 1 aromatic carbocycles. The van der Waals surface area contributed by atoms with Gasteiger partial charge in [0.05, 0.1) is 17.8 Å². The number of piperidine rings is 1. The molecule has 0 aliphatic carbocycles. The van der Waals surface area contributed by atoms with Crippen LogP contribution in [-0.2, 0) is 19.6 Å². The van der Waals surface area contributed by atoms with Gasteiger partial charge >= 0.3 is 6.15 Å². The molecule has 1 aliphatic heterocycles. The van der Waals surface area contributed by atoms with Crippen LogP contribution in [0, 0.1) is 6.92 Å². The highest BCUT2D eigenvalue weighted by atomic mass is 35.5. The van der Waals surface area contributed by atoms with Gasteiger partial charge < -0.3 is 9.30 Å². The normalized spacial score (nSPS) is 15.2. The lowest BCUT2D eigenvalue weighted by molar-refractivity contribution is -0.191. The molecule has 0 bridgehead atoms. The first-order chi connectivity index (χ1) is 15.7. The van der Waals surface area contributed by atoms with Gasteiger partial charge in [0.15, 0.2) is 0 Å². The number of fused-ring (bicyclic) bond motifs is 1. The molecule has 3 heterocycles. The summed E-state index contributed by atoms with van der Waals surface area (Å²) in [4.78, 5) is 20.6. The monoisotopic (exact) mass is 491 g/mol. The Morgan fingerprint density at radius 1 is 1.15 bits per heavy atom. The van der Waals surface area contributed by atoms with Gasteiger partial charge in [0, 0.05) is 41.8 Å². The highest BCUT2D eigenvalue weighted by molar-refractivity contribution is 7.89. The van der Waals surface area contributed by atoms with Crippen molar-refractivity contribution < 1.29 is 22.7 Å². The summed E-state index contributed by atoms with van der Waals surface area (Å²) in [6.07, 6.45) is 5.26. The van der Waals surface area contributed by atoms with E-state index in [0.29, 0.717) is 24.0 Å².